The average molecular weight is 448 g/mol. The number of carbonyl (C=O) groups is 2. The van der Waals surface area contributed by atoms with Gasteiger partial charge in [0, 0.05) is 56.5 Å². The van der Waals surface area contributed by atoms with Gasteiger partial charge in [0.2, 0.25) is 0 Å². The van der Waals surface area contributed by atoms with Gasteiger partial charge in [0.15, 0.2) is 0 Å². The molecule has 0 radical (unpaired) electrons. The number of nitrogens with zero attached hydrogens (tertiary/aromatic N) is 2. The van der Waals surface area contributed by atoms with Crippen LogP contribution < -0.4 is 10.1 Å². The number of amides is 2. The maximum atomic E-state index is 13.4. The Hall–Kier alpha value is -3.48. The molecule has 3 aromatic rings. The zero-order valence-electron chi connectivity index (χ0n) is 19.0. The van der Waals surface area contributed by atoms with Crippen LogP contribution in [0.25, 0.3) is 10.9 Å². The minimum absolute atomic E-state index is 0.0942. The summed E-state index contributed by atoms with van der Waals surface area (Å²) in [5.41, 5.74) is 2.15. The molecule has 3 heterocycles. The van der Waals surface area contributed by atoms with Gasteiger partial charge in [-0.1, -0.05) is 30.3 Å². The second kappa shape index (κ2) is 8.46. The largest absolute Gasteiger partial charge is 0.487 e. The number of hydrogen-bond acceptors (Lipinski definition) is 4. The molecule has 0 aliphatic carbocycles. The lowest BCUT2D eigenvalue weighted by molar-refractivity contribution is -0.0233. The number of fused-ring (bicyclic) bond motifs is 2. The molecule has 1 saturated heterocycles. The Morgan fingerprint density at radius 1 is 1.12 bits per heavy atom. The third-order valence-corrected chi connectivity index (χ3v) is 6.85. The summed E-state index contributed by atoms with van der Waals surface area (Å²) in [4.78, 5) is 27.3. The van der Waals surface area contributed by atoms with Crippen LogP contribution in [-0.2, 0) is 11.8 Å². The fourth-order valence-electron chi connectivity index (χ4n) is 5.14. The number of carbonyl (C=O) groups excluding carboxylic acids is 2. The predicted molar refractivity (Wildman–Crippen MR) is 125 cm³/mol. The summed E-state index contributed by atoms with van der Waals surface area (Å²) in [5.74, 6) is 0.707. The maximum Gasteiger partial charge on any atom is 0.409 e. The van der Waals surface area contributed by atoms with Crippen LogP contribution >= 0.6 is 0 Å². The summed E-state index contributed by atoms with van der Waals surface area (Å²) < 4.78 is 13.7. The molecule has 172 valence electrons. The second-order valence-corrected chi connectivity index (χ2v) is 8.91. The molecule has 1 aromatic heterocycles. The van der Waals surface area contributed by atoms with Crippen molar-refractivity contribution < 1.29 is 19.1 Å². The lowest BCUT2D eigenvalue weighted by Crippen LogP contribution is -2.53. The van der Waals surface area contributed by atoms with Crippen LogP contribution in [0.4, 0.5) is 4.79 Å². The van der Waals surface area contributed by atoms with Crippen molar-refractivity contribution in [2.45, 2.75) is 37.8 Å². The van der Waals surface area contributed by atoms with Gasteiger partial charge in [0.25, 0.3) is 5.91 Å². The number of ether oxygens (including phenoxy) is 2. The number of hydrogen-bond donors (Lipinski definition) is 1. The van der Waals surface area contributed by atoms with Crippen molar-refractivity contribution in [2.75, 3.05) is 19.7 Å². The molecule has 1 unspecified atom stereocenters. The first kappa shape index (κ1) is 21.4. The first-order valence-electron chi connectivity index (χ1n) is 11.5. The highest BCUT2D eigenvalue weighted by atomic mass is 16.6. The van der Waals surface area contributed by atoms with E-state index in [9.17, 15) is 9.59 Å². The number of likely N-dealkylation sites (tertiary alicyclic amines) is 1. The molecule has 0 saturated carbocycles. The smallest absolute Gasteiger partial charge is 0.409 e. The Balaban J connectivity index is 1.40. The fraction of sp³-hybridized carbons (Fsp3) is 0.385. The number of para-hydroxylation sites is 2. The van der Waals surface area contributed by atoms with Gasteiger partial charge in [0.1, 0.15) is 11.4 Å². The summed E-state index contributed by atoms with van der Waals surface area (Å²) in [6.07, 6.45) is 3.75. The van der Waals surface area contributed by atoms with Gasteiger partial charge in [-0.05, 0) is 25.1 Å². The number of aryl methyl sites for hydroxylation is 1. The van der Waals surface area contributed by atoms with E-state index in [1.807, 2.05) is 73.3 Å². The molecule has 7 nitrogen and oxygen atoms in total. The number of benzene rings is 2. The third-order valence-electron chi connectivity index (χ3n) is 6.85. The highest BCUT2D eigenvalue weighted by Crippen LogP contribution is 2.44. The van der Waals surface area contributed by atoms with E-state index in [0.29, 0.717) is 44.5 Å². The molecule has 5 rings (SSSR count). The van der Waals surface area contributed by atoms with Gasteiger partial charge in [-0.25, -0.2) is 4.79 Å². The molecule has 33 heavy (non-hydrogen) atoms. The summed E-state index contributed by atoms with van der Waals surface area (Å²) in [7, 11) is 1.95. The Morgan fingerprint density at radius 2 is 1.91 bits per heavy atom. The molecule has 1 spiro atoms. The van der Waals surface area contributed by atoms with E-state index in [-0.39, 0.29) is 18.0 Å². The summed E-state index contributed by atoms with van der Waals surface area (Å²) in [6, 6.07) is 15.6. The molecular weight excluding hydrogens is 418 g/mol. The van der Waals surface area contributed by atoms with Crippen LogP contribution in [0, 0.1) is 0 Å². The van der Waals surface area contributed by atoms with E-state index < -0.39 is 5.60 Å². The van der Waals surface area contributed by atoms with Gasteiger partial charge in [-0.15, -0.1) is 0 Å². The van der Waals surface area contributed by atoms with Crippen LogP contribution in [0.1, 0.15) is 48.1 Å². The van der Waals surface area contributed by atoms with Crippen molar-refractivity contribution in [1.82, 2.24) is 14.8 Å². The maximum absolute atomic E-state index is 13.4. The fourth-order valence-corrected chi connectivity index (χ4v) is 5.14. The zero-order valence-corrected chi connectivity index (χ0v) is 19.0. The molecule has 2 aromatic carbocycles. The minimum atomic E-state index is -0.424. The van der Waals surface area contributed by atoms with Crippen molar-refractivity contribution in [3.05, 3.63) is 65.9 Å². The standard InChI is InChI=1S/C26H29N3O4/c1-3-32-25(31)29-15-12-26(13-16-29)17-21(19-8-4-5-10-22(19)33-26)27-24(30)20-9-6-7-18-11-14-28(2)23(18)20/h4-11,14,21H,3,12-13,15-17H2,1-2H3,(H,27,30). The topological polar surface area (TPSA) is 72.8 Å². The molecule has 1 atom stereocenters. The Labute approximate surface area is 193 Å². The van der Waals surface area contributed by atoms with Crippen LogP contribution in [0.15, 0.2) is 54.7 Å². The Bertz CT molecular complexity index is 1190. The third kappa shape index (κ3) is 3.92. The number of rotatable bonds is 3. The minimum Gasteiger partial charge on any atom is -0.487 e. The summed E-state index contributed by atoms with van der Waals surface area (Å²) >= 11 is 0. The first-order valence-corrected chi connectivity index (χ1v) is 11.5. The number of aromatic nitrogens is 1. The van der Waals surface area contributed by atoms with Gasteiger partial charge in [0.05, 0.1) is 23.7 Å². The first-order chi connectivity index (χ1) is 16.0. The molecule has 2 aliphatic rings. The van der Waals surface area contributed by atoms with Crippen molar-refractivity contribution >= 4 is 22.9 Å². The molecule has 1 N–H and O–H groups in total. The average Bonchev–Trinajstić information content (AvgIpc) is 3.20. The number of nitrogens with one attached hydrogen (secondary N) is 1. The molecule has 0 bridgehead atoms. The quantitative estimate of drug-likeness (QED) is 0.645. The Morgan fingerprint density at radius 3 is 2.70 bits per heavy atom. The lowest BCUT2D eigenvalue weighted by atomic mass is 9.80. The van der Waals surface area contributed by atoms with Crippen molar-refractivity contribution in [2.24, 2.45) is 7.05 Å². The van der Waals surface area contributed by atoms with Crippen LogP contribution in [-0.4, -0.2) is 46.8 Å². The second-order valence-electron chi connectivity index (χ2n) is 8.91. The number of piperidine rings is 1. The van der Waals surface area contributed by atoms with Crippen LogP contribution in [0.2, 0.25) is 0 Å². The SMILES string of the molecule is CCOC(=O)N1CCC2(CC1)CC(NC(=O)c1cccc3ccn(C)c13)c1ccccc1O2. The van der Waals surface area contributed by atoms with Gasteiger partial charge in [-0.2, -0.15) is 0 Å². The van der Waals surface area contributed by atoms with Crippen molar-refractivity contribution in [3.8, 4) is 5.75 Å². The predicted octanol–water partition coefficient (Wildman–Crippen LogP) is 4.42. The molecular formula is C26H29N3O4. The molecule has 2 amide bonds. The Kier molecular flexibility index (Phi) is 5.48. The van der Waals surface area contributed by atoms with Gasteiger partial charge >= 0.3 is 6.09 Å². The normalized spacial score (nSPS) is 19.1. The van der Waals surface area contributed by atoms with E-state index in [2.05, 4.69) is 5.32 Å². The monoisotopic (exact) mass is 447 g/mol. The van der Waals surface area contributed by atoms with E-state index in [0.717, 1.165) is 22.2 Å². The molecule has 7 heteroatoms. The van der Waals surface area contributed by atoms with Gasteiger partial charge in [-0.3, -0.25) is 4.79 Å². The van der Waals surface area contributed by atoms with Gasteiger partial charge < -0.3 is 24.3 Å². The van der Waals surface area contributed by atoms with Crippen LogP contribution in [0.5, 0.6) is 5.75 Å². The lowest BCUT2D eigenvalue weighted by Gasteiger charge is -2.46. The highest BCUT2D eigenvalue weighted by Gasteiger charge is 2.44. The van der Waals surface area contributed by atoms with E-state index in [4.69, 9.17) is 9.47 Å². The highest BCUT2D eigenvalue weighted by molar-refractivity contribution is 6.06. The molecule has 1 fully saturated rings. The van der Waals surface area contributed by atoms with Crippen molar-refractivity contribution in [1.29, 1.82) is 0 Å². The van der Waals surface area contributed by atoms with E-state index >= 15 is 0 Å². The van der Waals surface area contributed by atoms with E-state index in [1.165, 1.54) is 0 Å². The van der Waals surface area contributed by atoms with Crippen LogP contribution in [0.3, 0.4) is 0 Å². The molecule has 2 aliphatic heterocycles. The zero-order chi connectivity index (χ0) is 23.0. The summed E-state index contributed by atoms with van der Waals surface area (Å²) in [6.45, 7) is 3.33. The van der Waals surface area contributed by atoms with E-state index in [1.54, 1.807) is 4.90 Å². The van der Waals surface area contributed by atoms with Crippen molar-refractivity contribution in [3.63, 3.8) is 0 Å². The summed E-state index contributed by atoms with van der Waals surface area (Å²) in [5, 5.41) is 4.33.